The summed E-state index contributed by atoms with van der Waals surface area (Å²) in [4.78, 5) is 12.2. The largest absolute Gasteiger partial charge is 0.508 e. The molecule has 2 N–H and O–H groups in total. The number of benzene rings is 2. The maximum atomic E-state index is 12.2. The van der Waals surface area contributed by atoms with Crippen LogP contribution in [0.5, 0.6) is 11.5 Å². The van der Waals surface area contributed by atoms with E-state index in [2.05, 4.69) is 33.1 Å². The number of ether oxygens (including phenoxy) is 1. The molecule has 0 spiro atoms. The number of carbonyl (C=O) groups excluding carboxylic acids is 1. The monoisotopic (exact) mass is 461 g/mol. The Kier molecular flexibility index (Phi) is 5.57. The fourth-order valence-electron chi connectivity index (χ4n) is 2.37. The number of nitrogens with zero attached hydrogens (tertiary/aromatic N) is 2. The molecule has 0 saturated carbocycles. The highest BCUT2D eigenvalue weighted by Gasteiger charge is 2.08. The van der Waals surface area contributed by atoms with E-state index in [0.29, 0.717) is 11.3 Å². The summed E-state index contributed by atoms with van der Waals surface area (Å²) in [5.41, 5.74) is 4.65. The van der Waals surface area contributed by atoms with Gasteiger partial charge in [0, 0.05) is 17.4 Å². The fraction of sp³-hybridized carbons (Fsp3) is 0.0526. The zero-order chi connectivity index (χ0) is 18.5. The molecule has 3 rings (SSSR count). The van der Waals surface area contributed by atoms with Crippen molar-refractivity contribution in [1.82, 2.24) is 9.99 Å². The van der Waals surface area contributed by atoms with Crippen molar-refractivity contribution in [3.63, 3.8) is 0 Å². The van der Waals surface area contributed by atoms with Gasteiger partial charge >= 0.3 is 0 Å². The molecule has 3 aromatic rings. The summed E-state index contributed by atoms with van der Waals surface area (Å²) in [5, 5.41) is 13.4. The highest BCUT2D eigenvalue weighted by molar-refractivity contribution is 14.1. The van der Waals surface area contributed by atoms with Gasteiger partial charge in [0.25, 0.3) is 5.91 Å². The first-order chi connectivity index (χ1) is 12.6. The number of aromatic hydroxyl groups is 1. The molecular weight excluding hydrogens is 445 g/mol. The Morgan fingerprint density at radius 1 is 1.23 bits per heavy atom. The molecule has 2 aromatic carbocycles. The van der Waals surface area contributed by atoms with Crippen molar-refractivity contribution in [3.05, 3.63) is 75.6 Å². The van der Waals surface area contributed by atoms with Crippen LogP contribution in [-0.4, -0.2) is 28.9 Å². The Bertz CT molecular complexity index is 949. The van der Waals surface area contributed by atoms with Crippen LogP contribution in [0.25, 0.3) is 5.69 Å². The Morgan fingerprint density at radius 3 is 2.73 bits per heavy atom. The molecule has 1 amide bonds. The zero-order valence-corrected chi connectivity index (χ0v) is 16.0. The summed E-state index contributed by atoms with van der Waals surface area (Å²) >= 11 is 2.14. The third-order valence-corrected chi connectivity index (χ3v) is 4.58. The Morgan fingerprint density at radius 2 is 2.00 bits per heavy atom. The van der Waals surface area contributed by atoms with Gasteiger partial charge in [0.2, 0.25) is 0 Å². The van der Waals surface area contributed by atoms with Crippen LogP contribution in [-0.2, 0) is 0 Å². The first-order valence-electron chi connectivity index (χ1n) is 7.72. The highest BCUT2D eigenvalue weighted by Crippen LogP contribution is 2.21. The third kappa shape index (κ3) is 4.05. The Balaban J connectivity index is 1.72. The molecule has 6 nitrogen and oxygen atoms in total. The minimum Gasteiger partial charge on any atom is -0.508 e. The SMILES string of the molecule is COc1cc(C(=O)NN=Cc2cccn2-c2ccc(O)cc2)ccc1I. The molecule has 0 saturated heterocycles. The molecule has 0 fully saturated rings. The molecular formula is C19H16IN3O3. The number of phenolic OH excluding ortho intramolecular Hbond substituents is 1. The van der Waals surface area contributed by atoms with Crippen LogP contribution in [0.15, 0.2) is 65.9 Å². The van der Waals surface area contributed by atoms with Crippen LogP contribution >= 0.6 is 22.6 Å². The van der Waals surface area contributed by atoms with Crippen LogP contribution in [0.4, 0.5) is 0 Å². The summed E-state index contributed by atoms with van der Waals surface area (Å²) in [6.07, 6.45) is 3.44. The van der Waals surface area contributed by atoms with Crippen LogP contribution < -0.4 is 10.2 Å². The van der Waals surface area contributed by atoms with Gasteiger partial charge in [0.1, 0.15) is 11.5 Å². The van der Waals surface area contributed by atoms with E-state index in [1.807, 2.05) is 29.0 Å². The number of methoxy groups -OCH3 is 1. The number of aromatic nitrogens is 1. The molecule has 0 unspecified atom stereocenters. The van der Waals surface area contributed by atoms with Gasteiger partial charge in [-0.1, -0.05) is 0 Å². The van der Waals surface area contributed by atoms with Crippen molar-refractivity contribution in [1.29, 1.82) is 0 Å². The number of carbonyl (C=O) groups is 1. The number of phenols is 1. The van der Waals surface area contributed by atoms with Gasteiger partial charge in [-0.25, -0.2) is 5.43 Å². The maximum absolute atomic E-state index is 12.2. The second-order valence-corrected chi connectivity index (χ2v) is 6.53. The first kappa shape index (κ1) is 18.0. The predicted molar refractivity (Wildman–Crippen MR) is 108 cm³/mol. The van der Waals surface area contributed by atoms with Crippen molar-refractivity contribution in [2.75, 3.05) is 7.11 Å². The second kappa shape index (κ2) is 8.05. The van der Waals surface area contributed by atoms with Crippen LogP contribution in [0.3, 0.4) is 0 Å². The van der Waals surface area contributed by atoms with Gasteiger partial charge in [-0.2, -0.15) is 5.10 Å². The Hall–Kier alpha value is -2.81. The number of amides is 1. The van der Waals surface area contributed by atoms with Crippen molar-refractivity contribution in [2.45, 2.75) is 0 Å². The van der Waals surface area contributed by atoms with Gasteiger partial charge in [-0.15, -0.1) is 0 Å². The Labute approximate surface area is 164 Å². The second-order valence-electron chi connectivity index (χ2n) is 5.37. The van der Waals surface area contributed by atoms with Crippen LogP contribution in [0, 0.1) is 3.57 Å². The molecule has 7 heteroatoms. The van der Waals surface area contributed by atoms with Gasteiger partial charge in [0.05, 0.1) is 22.6 Å². The van der Waals surface area contributed by atoms with Crippen molar-refractivity contribution < 1.29 is 14.6 Å². The third-order valence-electron chi connectivity index (χ3n) is 3.68. The summed E-state index contributed by atoms with van der Waals surface area (Å²) in [6, 6.07) is 15.8. The molecule has 1 aromatic heterocycles. The minimum atomic E-state index is -0.321. The quantitative estimate of drug-likeness (QED) is 0.347. The summed E-state index contributed by atoms with van der Waals surface area (Å²) < 4.78 is 8.04. The van der Waals surface area contributed by atoms with E-state index in [-0.39, 0.29) is 11.7 Å². The molecule has 0 aliphatic heterocycles. The number of rotatable bonds is 5. The molecule has 26 heavy (non-hydrogen) atoms. The summed E-state index contributed by atoms with van der Waals surface area (Å²) in [5.74, 6) is 0.526. The average molecular weight is 461 g/mol. The molecule has 1 heterocycles. The summed E-state index contributed by atoms with van der Waals surface area (Å²) in [7, 11) is 1.56. The molecule has 0 bridgehead atoms. The number of halogens is 1. The van der Waals surface area contributed by atoms with Crippen LogP contribution in [0.2, 0.25) is 0 Å². The minimum absolute atomic E-state index is 0.205. The number of hydrogen-bond acceptors (Lipinski definition) is 4. The lowest BCUT2D eigenvalue weighted by atomic mass is 10.2. The molecule has 0 radical (unpaired) electrons. The standard InChI is InChI=1S/C19H16IN3O3/c1-26-18-11-13(4-9-17(18)20)19(25)22-21-12-15-3-2-10-23(15)14-5-7-16(24)8-6-14/h2-12,24H,1H3,(H,22,25). The van der Waals surface area contributed by atoms with E-state index < -0.39 is 0 Å². The predicted octanol–water partition coefficient (Wildman–Crippen LogP) is 3.56. The topological polar surface area (TPSA) is 75.8 Å². The first-order valence-corrected chi connectivity index (χ1v) is 8.80. The van der Waals surface area contributed by atoms with E-state index >= 15 is 0 Å². The smallest absolute Gasteiger partial charge is 0.271 e. The lowest BCUT2D eigenvalue weighted by Gasteiger charge is -2.07. The van der Waals surface area contributed by atoms with Crippen molar-refractivity contribution >= 4 is 34.7 Å². The fourth-order valence-corrected chi connectivity index (χ4v) is 2.93. The lowest BCUT2D eigenvalue weighted by Crippen LogP contribution is -2.18. The van der Waals surface area contributed by atoms with E-state index in [0.717, 1.165) is 15.0 Å². The normalized spacial score (nSPS) is 10.8. The molecule has 0 aliphatic carbocycles. The van der Waals surface area contributed by atoms with Crippen LogP contribution in [0.1, 0.15) is 16.1 Å². The molecule has 0 aliphatic rings. The van der Waals surface area contributed by atoms with Crippen molar-refractivity contribution in [2.24, 2.45) is 5.10 Å². The number of nitrogens with one attached hydrogen (secondary N) is 1. The van der Waals surface area contributed by atoms with E-state index in [1.165, 1.54) is 0 Å². The van der Waals surface area contributed by atoms with E-state index in [9.17, 15) is 9.90 Å². The van der Waals surface area contributed by atoms with Gasteiger partial charge in [0.15, 0.2) is 0 Å². The number of hydrogen-bond donors (Lipinski definition) is 2. The van der Waals surface area contributed by atoms with Gasteiger partial charge in [-0.3, -0.25) is 4.79 Å². The average Bonchev–Trinajstić information content (AvgIpc) is 3.11. The van der Waals surface area contributed by atoms with Crippen molar-refractivity contribution in [3.8, 4) is 17.2 Å². The molecule has 132 valence electrons. The molecule has 0 atom stereocenters. The van der Waals surface area contributed by atoms with Gasteiger partial charge < -0.3 is 14.4 Å². The van der Waals surface area contributed by atoms with Gasteiger partial charge in [-0.05, 0) is 77.2 Å². The zero-order valence-electron chi connectivity index (χ0n) is 13.9. The lowest BCUT2D eigenvalue weighted by molar-refractivity contribution is 0.0954. The maximum Gasteiger partial charge on any atom is 0.271 e. The van der Waals surface area contributed by atoms with E-state index in [4.69, 9.17) is 4.74 Å². The highest BCUT2D eigenvalue weighted by atomic mass is 127. The summed E-state index contributed by atoms with van der Waals surface area (Å²) in [6.45, 7) is 0. The number of hydrazone groups is 1. The van der Waals surface area contributed by atoms with E-state index in [1.54, 1.807) is 49.7 Å².